The molecule has 28 heavy (non-hydrogen) atoms. The zero-order valence-corrected chi connectivity index (χ0v) is 15.8. The number of hydrogen-bond donors (Lipinski definition) is 1. The lowest BCUT2D eigenvalue weighted by Gasteiger charge is -2.33. The molecule has 0 fully saturated rings. The average molecular weight is 383 g/mol. The van der Waals surface area contributed by atoms with Crippen LogP contribution in [0.1, 0.15) is 13.3 Å². The molecule has 0 aromatic heterocycles. The van der Waals surface area contributed by atoms with Crippen LogP contribution in [0, 0.1) is 5.92 Å². The van der Waals surface area contributed by atoms with Crippen molar-refractivity contribution in [2.45, 2.75) is 19.4 Å². The van der Waals surface area contributed by atoms with Crippen LogP contribution >= 0.6 is 0 Å². The fourth-order valence-corrected chi connectivity index (χ4v) is 3.13. The molecule has 8 heteroatoms. The summed E-state index contributed by atoms with van der Waals surface area (Å²) in [6, 6.07) is 3.20. The summed E-state index contributed by atoms with van der Waals surface area (Å²) < 4.78 is 10.4. The van der Waals surface area contributed by atoms with E-state index in [1.807, 2.05) is 0 Å². The highest BCUT2D eigenvalue weighted by Gasteiger charge is 2.41. The van der Waals surface area contributed by atoms with Gasteiger partial charge >= 0.3 is 6.03 Å². The van der Waals surface area contributed by atoms with E-state index in [1.54, 1.807) is 49.4 Å². The summed E-state index contributed by atoms with van der Waals surface area (Å²) in [4.78, 5) is 43.1. The van der Waals surface area contributed by atoms with Gasteiger partial charge in [0.25, 0.3) is 0 Å². The third-order valence-corrected chi connectivity index (χ3v) is 4.55. The molecule has 1 aliphatic carbocycles. The Morgan fingerprint density at radius 1 is 1.18 bits per heavy atom. The maximum atomic E-state index is 12.9. The molecule has 1 aromatic carbocycles. The van der Waals surface area contributed by atoms with Crippen molar-refractivity contribution in [2.24, 2.45) is 10.9 Å². The van der Waals surface area contributed by atoms with Crippen molar-refractivity contribution in [1.29, 1.82) is 0 Å². The van der Waals surface area contributed by atoms with Gasteiger partial charge < -0.3 is 14.8 Å². The second kappa shape index (κ2) is 8.08. The fraction of sp³-hybridized carbons (Fsp3) is 0.300. The van der Waals surface area contributed by atoms with Gasteiger partial charge in [0, 0.05) is 23.9 Å². The predicted octanol–water partition coefficient (Wildman–Crippen LogP) is 2.57. The first-order chi connectivity index (χ1) is 13.5. The molecule has 1 aromatic rings. The number of hydrogen-bond acceptors (Lipinski definition) is 5. The molecule has 3 rings (SSSR count). The normalized spacial score (nSPS) is 19.0. The number of methoxy groups -OCH3 is 2. The van der Waals surface area contributed by atoms with Gasteiger partial charge in [0.05, 0.1) is 25.8 Å². The molecule has 4 amide bonds. The Morgan fingerprint density at radius 3 is 2.46 bits per heavy atom. The zero-order valence-electron chi connectivity index (χ0n) is 15.8. The van der Waals surface area contributed by atoms with Crippen LogP contribution in [0.3, 0.4) is 0 Å². The molecule has 0 bridgehead atoms. The van der Waals surface area contributed by atoms with Crippen molar-refractivity contribution in [3.8, 4) is 11.5 Å². The van der Waals surface area contributed by atoms with Gasteiger partial charge in [-0.05, 0) is 12.5 Å². The predicted molar refractivity (Wildman–Crippen MR) is 104 cm³/mol. The van der Waals surface area contributed by atoms with Gasteiger partial charge in [-0.15, -0.1) is 0 Å². The van der Waals surface area contributed by atoms with Crippen LogP contribution in [0.15, 0.2) is 47.5 Å². The van der Waals surface area contributed by atoms with Crippen LogP contribution in [-0.2, 0) is 9.59 Å². The fourth-order valence-electron chi connectivity index (χ4n) is 3.13. The minimum Gasteiger partial charge on any atom is -0.497 e. The molecule has 1 N–H and O–H groups in total. The van der Waals surface area contributed by atoms with Crippen LogP contribution in [-0.4, -0.2) is 48.7 Å². The van der Waals surface area contributed by atoms with E-state index in [9.17, 15) is 14.4 Å². The highest BCUT2D eigenvalue weighted by Crippen LogP contribution is 2.27. The number of carbonyl (C=O) groups excluding carboxylic acids is 3. The summed E-state index contributed by atoms with van der Waals surface area (Å²) in [5.74, 6) is -0.599. The lowest BCUT2D eigenvalue weighted by Crippen LogP contribution is -2.54. The molecule has 2 atom stereocenters. The van der Waals surface area contributed by atoms with Gasteiger partial charge in [-0.2, -0.15) is 4.99 Å². The van der Waals surface area contributed by atoms with E-state index < -0.39 is 29.8 Å². The number of urea groups is 1. The summed E-state index contributed by atoms with van der Waals surface area (Å²) in [6.07, 6.45) is 6.98. The average Bonchev–Trinajstić information content (AvgIpc) is 2.70. The Hall–Kier alpha value is -3.42. The minimum absolute atomic E-state index is 0.252. The summed E-state index contributed by atoms with van der Waals surface area (Å²) in [6.45, 7) is 1.73. The number of carbonyl (C=O) groups is 3. The molecule has 146 valence electrons. The molecule has 8 nitrogen and oxygen atoms in total. The van der Waals surface area contributed by atoms with Crippen LogP contribution in [0.2, 0.25) is 0 Å². The molecule has 0 saturated carbocycles. The number of fused-ring (bicyclic) bond motifs is 1. The highest BCUT2D eigenvalue weighted by atomic mass is 16.5. The molecule has 2 unspecified atom stereocenters. The topological polar surface area (TPSA) is 97.3 Å². The van der Waals surface area contributed by atoms with E-state index in [4.69, 9.17) is 9.47 Å². The van der Waals surface area contributed by atoms with Crippen molar-refractivity contribution < 1.29 is 23.9 Å². The van der Waals surface area contributed by atoms with E-state index >= 15 is 0 Å². The Bertz CT molecular complexity index is 881. The number of anilines is 1. The standard InChI is InChI=1S/C20H21N3O5/c1-4-17(18(24)21-12-9-13(27-2)11-14(10-12)28-3)23-19(25)15-7-5-6-8-16(15)22-20(23)26/h5-11,15,17H,4H2,1-3H3,(H,21,24). The first-order valence-corrected chi connectivity index (χ1v) is 8.83. The molecule has 1 aliphatic heterocycles. The van der Waals surface area contributed by atoms with E-state index in [2.05, 4.69) is 10.3 Å². The van der Waals surface area contributed by atoms with E-state index in [0.29, 0.717) is 22.9 Å². The third kappa shape index (κ3) is 3.66. The lowest BCUT2D eigenvalue weighted by molar-refractivity contribution is -0.136. The van der Waals surface area contributed by atoms with Crippen molar-refractivity contribution in [3.05, 3.63) is 42.5 Å². The van der Waals surface area contributed by atoms with Crippen molar-refractivity contribution in [3.63, 3.8) is 0 Å². The van der Waals surface area contributed by atoms with Crippen molar-refractivity contribution in [2.75, 3.05) is 19.5 Å². The van der Waals surface area contributed by atoms with Gasteiger partial charge in [-0.1, -0.05) is 25.2 Å². The number of nitrogens with one attached hydrogen (secondary N) is 1. The maximum Gasteiger partial charge on any atom is 0.351 e. The summed E-state index contributed by atoms with van der Waals surface area (Å²) in [5.41, 5.74) is 0.822. The number of imide groups is 1. The van der Waals surface area contributed by atoms with Gasteiger partial charge in [-0.25, -0.2) is 9.69 Å². The quantitative estimate of drug-likeness (QED) is 0.814. The van der Waals surface area contributed by atoms with Gasteiger partial charge in [0.2, 0.25) is 11.8 Å². The highest BCUT2D eigenvalue weighted by molar-refractivity contribution is 6.22. The number of benzene rings is 1. The monoisotopic (exact) mass is 383 g/mol. The number of amides is 4. The summed E-state index contributed by atoms with van der Waals surface area (Å²) >= 11 is 0. The van der Waals surface area contributed by atoms with Crippen LogP contribution in [0.4, 0.5) is 10.5 Å². The van der Waals surface area contributed by atoms with E-state index in [0.717, 1.165) is 4.90 Å². The summed E-state index contributed by atoms with van der Waals surface area (Å²) in [7, 11) is 3.00. The largest absolute Gasteiger partial charge is 0.497 e. The molecular formula is C20H21N3O5. The second-order valence-electron chi connectivity index (χ2n) is 6.26. The third-order valence-electron chi connectivity index (χ3n) is 4.55. The van der Waals surface area contributed by atoms with Crippen molar-refractivity contribution in [1.82, 2.24) is 4.90 Å². The molecule has 1 heterocycles. The van der Waals surface area contributed by atoms with Gasteiger partial charge in [0.15, 0.2) is 0 Å². The van der Waals surface area contributed by atoms with Crippen LogP contribution in [0.5, 0.6) is 11.5 Å². The van der Waals surface area contributed by atoms with Crippen LogP contribution < -0.4 is 14.8 Å². The first-order valence-electron chi connectivity index (χ1n) is 8.83. The molecular weight excluding hydrogens is 362 g/mol. The molecule has 2 aliphatic rings. The van der Waals surface area contributed by atoms with E-state index in [-0.39, 0.29) is 6.42 Å². The SMILES string of the molecule is CCC(C(=O)Nc1cc(OC)cc(OC)c1)N1C(=O)N=C2C=CC=CC2C1=O. The number of ether oxygens (including phenoxy) is 2. The Morgan fingerprint density at radius 2 is 1.86 bits per heavy atom. The lowest BCUT2D eigenvalue weighted by atomic mass is 9.94. The van der Waals surface area contributed by atoms with Gasteiger partial charge in [-0.3, -0.25) is 9.59 Å². The molecule has 0 saturated heterocycles. The molecule has 0 radical (unpaired) electrons. The Balaban J connectivity index is 1.85. The smallest absolute Gasteiger partial charge is 0.351 e. The maximum absolute atomic E-state index is 12.9. The first kappa shape index (κ1) is 19.3. The Labute approximate surface area is 162 Å². The Kier molecular flexibility index (Phi) is 5.58. The van der Waals surface area contributed by atoms with Crippen molar-refractivity contribution >= 4 is 29.2 Å². The second-order valence-corrected chi connectivity index (χ2v) is 6.26. The number of allylic oxidation sites excluding steroid dienone is 3. The summed E-state index contributed by atoms with van der Waals surface area (Å²) in [5, 5.41) is 2.73. The molecule has 0 spiro atoms. The number of nitrogens with zero attached hydrogens (tertiary/aromatic N) is 2. The van der Waals surface area contributed by atoms with E-state index in [1.165, 1.54) is 14.2 Å². The number of rotatable bonds is 6. The minimum atomic E-state index is -0.984. The zero-order chi connectivity index (χ0) is 20.3. The van der Waals surface area contributed by atoms with Gasteiger partial charge in [0.1, 0.15) is 17.5 Å². The van der Waals surface area contributed by atoms with Crippen LogP contribution in [0.25, 0.3) is 0 Å². The number of aliphatic imine (C=N–C) groups is 1.